The van der Waals surface area contributed by atoms with Crippen molar-refractivity contribution in [1.82, 2.24) is 30.2 Å². The maximum Gasteiger partial charge on any atom is 0.191 e. The van der Waals surface area contributed by atoms with Crippen LogP contribution in [0, 0.1) is 20.8 Å². The Labute approximate surface area is 215 Å². The molecule has 1 unspecified atom stereocenters. The lowest BCUT2D eigenvalue weighted by Gasteiger charge is -2.18. The van der Waals surface area contributed by atoms with Crippen molar-refractivity contribution >= 4 is 29.9 Å². The third kappa shape index (κ3) is 7.31. The van der Waals surface area contributed by atoms with Crippen LogP contribution in [0.25, 0.3) is 5.69 Å². The van der Waals surface area contributed by atoms with Gasteiger partial charge >= 0.3 is 0 Å². The third-order valence-electron chi connectivity index (χ3n) is 5.79. The SMILES string of the molecule is CCNC(=NCCCc1cn(-c2ccccc2)nc1C)NC(C)Cc1c(C)nn(C)c1C.I. The van der Waals surface area contributed by atoms with Gasteiger partial charge in [0.15, 0.2) is 5.96 Å². The second kappa shape index (κ2) is 12.8. The lowest BCUT2D eigenvalue weighted by atomic mass is 10.1. The Kier molecular flexibility index (Phi) is 10.4. The number of aryl methyl sites for hydroxylation is 4. The van der Waals surface area contributed by atoms with E-state index < -0.39 is 0 Å². The third-order valence-corrected chi connectivity index (χ3v) is 5.79. The molecule has 3 aromatic rings. The highest BCUT2D eigenvalue weighted by molar-refractivity contribution is 14.0. The maximum atomic E-state index is 4.80. The van der Waals surface area contributed by atoms with Gasteiger partial charge in [0.1, 0.15) is 0 Å². The lowest BCUT2D eigenvalue weighted by Crippen LogP contribution is -2.43. The number of rotatable bonds is 9. The highest BCUT2D eigenvalue weighted by Crippen LogP contribution is 2.15. The van der Waals surface area contributed by atoms with E-state index in [4.69, 9.17) is 4.99 Å². The zero-order valence-electron chi connectivity index (χ0n) is 20.7. The molecule has 0 amide bonds. The van der Waals surface area contributed by atoms with Crippen LogP contribution in [0.5, 0.6) is 0 Å². The zero-order chi connectivity index (χ0) is 23.1. The highest BCUT2D eigenvalue weighted by atomic mass is 127. The quantitative estimate of drug-likeness (QED) is 0.177. The average molecular weight is 564 g/mol. The molecule has 0 aliphatic rings. The molecule has 0 radical (unpaired) electrons. The van der Waals surface area contributed by atoms with E-state index in [1.54, 1.807) is 0 Å². The second-order valence-corrected chi connectivity index (χ2v) is 8.41. The lowest BCUT2D eigenvalue weighted by molar-refractivity contribution is 0.634. The van der Waals surface area contributed by atoms with E-state index in [9.17, 15) is 0 Å². The van der Waals surface area contributed by atoms with Gasteiger partial charge in [0, 0.05) is 38.1 Å². The van der Waals surface area contributed by atoms with Crippen molar-refractivity contribution in [2.45, 2.75) is 59.9 Å². The number of halogens is 1. The van der Waals surface area contributed by atoms with Gasteiger partial charge in [-0.25, -0.2) is 4.68 Å². The van der Waals surface area contributed by atoms with Crippen molar-refractivity contribution in [3.05, 3.63) is 64.7 Å². The van der Waals surface area contributed by atoms with Crippen LogP contribution in [0.2, 0.25) is 0 Å². The standard InChI is InChI=1S/C25H37N7.HI/c1-7-26-25(28-18(2)16-24-20(4)29-31(6)21(24)5)27-15-11-12-22-17-32(30-19(22)3)23-13-9-8-10-14-23;/h8-10,13-14,17-18H,7,11-12,15-16H2,1-6H3,(H2,26,27,28);1H. The van der Waals surface area contributed by atoms with Gasteiger partial charge in [-0.15, -0.1) is 24.0 Å². The molecule has 0 aliphatic carbocycles. The Morgan fingerprint density at radius 3 is 2.45 bits per heavy atom. The molecule has 0 fully saturated rings. The van der Waals surface area contributed by atoms with Crippen molar-refractivity contribution in [3.63, 3.8) is 0 Å². The van der Waals surface area contributed by atoms with Crippen molar-refractivity contribution in [2.24, 2.45) is 12.0 Å². The van der Waals surface area contributed by atoms with Gasteiger partial charge in [-0.05, 0) is 77.1 Å². The van der Waals surface area contributed by atoms with Crippen LogP contribution >= 0.6 is 24.0 Å². The molecule has 2 heterocycles. The Morgan fingerprint density at radius 2 is 1.82 bits per heavy atom. The van der Waals surface area contributed by atoms with E-state index in [-0.39, 0.29) is 30.0 Å². The molecule has 3 rings (SSSR count). The first-order valence-corrected chi connectivity index (χ1v) is 11.5. The molecule has 2 aromatic heterocycles. The summed E-state index contributed by atoms with van der Waals surface area (Å²) in [4.78, 5) is 4.80. The summed E-state index contributed by atoms with van der Waals surface area (Å²) in [5.41, 5.74) is 7.09. The molecular weight excluding hydrogens is 525 g/mol. The number of hydrogen-bond donors (Lipinski definition) is 2. The van der Waals surface area contributed by atoms with E-state index in [0.29, 0.717) is 0 Å². The number of aromatic nitrogens is 4. The Bertz CT molecular complexity index is 1040. The number of nitrogens with zero attached hydrogens (tertiary/aromatic N) is 5. The number of guanidine groups is 1. The van der Waals surface area contributed by atoms with Crippen LogP contribution in [0.3, 0.4) is 0 Å². The first-order chi connectivity index (χ1) is 15.4. The van der Waals surface area contributed by atoms with E-state index >= 15 is 0 Å². The molecule has 7 nitrogen and oxygen atoms in total. The van der Waals surface area contributed by atoms with E-state index in [0.717, 1.165) is 55.4 Å². The predicted molar refractivity (Wildman–Crippen MR) is 147 cm³/mol. The van der Waals surface area contributed by atoms with Gasteiger partial charge in [0.05, 0.1) is 17.1 Å². The van der Waals surface area contributed by atoms with E-state index in [2.05, 4.69) is 73.8 Å². The van der Waals surface area contributed by atoms with Gasteiger partial charge in [0.2, 0.25) is 0 Å². The molecule has 0 saturated carbocycles. The van der Waals surface area contributed by atoms with Gasteiger partial charge in [-0.3, -0.25) is 9.67 Å². The maximum absolute atomic E-state index is 4.80. The molecular formula is C25H38IN7. The topological polar surface area (TPSA) is 72.1 Å². The molecule has 2 N–H and O–H groups in total. The minimum Gasteiger partial charge on any atom is -0.357 e. The molecule has 0 aliphatic heterocycles. The van der Waals surface area contributed by atoms with Crippen LogP contribution in [0.15, 0.2) is 41.5 Å². The first kappa shape index (κ1) is 26.9. The molecule has 1 aromatic carbocycles. The number of benzene rings is 1. The van der Waals surface area contributed by atoms with Crippen molar-refractivity contribution in [3.8, 4) is 5.69 Å². The first-order valence-electron chi connectivity index (χ1n) is 11.5. The van der Waals surface area contributed by atoms with Crippen LogP contribution in [-0.4, -0.2) is 44.7 Å². The van der Waals surface area contributed by atoms with Crippen molar-refractivity contribution < 1.29 is 0 Å². The fourth-order valence-corrected chi connectivity index (χ4v) is 3.94. The summed E-state index contributed by atoms with van der Waals surface area (Å²) >= 11 is 0. The molecule has 0 spiro atoms. The van der Waals surface area contributed by atoms with Crippen molar-refractivity contribution in [1.29, 1.82) is 0 Å². The van der Waals surface area contributed by atoms with Gasteiger partial charge in [0.25, 0.3) is 0 Å². The summed E-state index contributed by atoms with van der Waals surface area (Å²) in [6.07, 6.45) is 5.00. The summed E-state index contributed by atoms with van der Waals surface area (Å²) in [6, 6.07) is 10.5. The summed E-state index contributed by atoms with van der Waals surface area (Å²) < 4.78 is 3.92. The summed E-state index contributed by atoms with van der Waals surface area (Å²) in [5.74, 6) is 0.871. The zero-order valence-corrected chi connectivity index (χ0v) is 23.1. The van der Waals surface area contributed by atoms with Gasteiger partial charge < -0.3 is 10.6 Å². The minimum atomic E-state index is 0. The largest absolute Gasteiger partial charge is 0.357 e. The molecule has 8 heteroatoms. The number of para-hydroxylation sites is 1. The van der Waals surface area contributed by atoms with Gasteiger partial charge in [-0.1, -0.05) is 18.2 Å². The van der Waals surface area contributed by atoms with Crippen LogP contribution in [0.4, 0.5) is 0 Å². The van der Waals surface area contributed by atoms with Crippen molar-refractivity contribution in [2.75, 3.05) is 13.1 Å². The number of aliphatic imine (C=N–C) groups is 1. The Balaban J connectivity index is 0.00000385. The Hall–Kier alpha value is -2.36. The fraction of sp³-hybridized carbons (Fsp3) is 0.480. The second-order valence-electron chi connectivity index (χ2n) is 8.41. The average Bonchev–Trinajstić information content (AvgIpc) is 3.26. The summed E-state index contributed by atoms with van der Waals surface area (Å²) in [5, 5.41) is 16.1. The molecule has 0 bridgehead atoms. The molecule has 33 heavy (non-hydrogen) atoms. The predicted octanol–water partition coefficient (Wildman–Crippen LogP) is 4.27. The number of nitrogens with one attached hydrogen (secondary N) is 2. The van der Waals surface area contributed by atoms with Crippen LogP contribution < -0.4 is 10.6 Å². The highest BCUT2D eigenvalue weighted by Gasteiger charge is 2.14. The van der Waals surface area contributed by atoms with E-state index in [1.165, 1.54) is 16.8 Å². The minimum absolute atomic E-state index is 0. The van der Waals surface area contributed by atoms with E-state index in [1.807, 2.05) is 34.6 Å². The molecule has 180 valence electrons. The number of hydrogen-bond acceptors (Lipinski definition) is 3. The normalized spacial score (nSPS) is 12.4. The fourth-order valence-electron chi connectivity index (χ4n) is 3.94. The smallest absolute Gasteiger partial charge is 0.191 e. The van der Waals surface area contributed by atoms with Crippen LogP contribution in [0.1, 0.15) is 48.5 Å². The summed E-state index contributed by atoms with van der Waals surface area (Å²) in [7, 11) is 2.00. The van der Waals surface area contributed by atoms with Gasteiger partial charge in [-0.2, -0.15) is 10.2 Å². The summed E-state index contributed by atoms with van der Waals surface area (Å²) in [6.45, 7) is 12.2. The molecule has 1 atom stereocenters. The monoisotopic (exact) mass is 563 g/mol. The van der Waals surface area contributed by atoms with Crippen LogP contribution in [-0.2, 0) is 19.9 Å². The molecule has 0 saturated heterocycles. The Morgan fingerprint density at radius 1 is 1.09 bits per heavy atom.